The molecule has 0 radical (unpaired) electrons. The molecule has 2 saturated heterocycles. The van der Waals surface area contributed by atoms with Gasteiger partial charge in [0.2, 0.25) is 0 Å². The zero-order valence-corrected chi connectivity index (χ0v) is 30.4. The first-order valence-electron chi connectivity index (χ1n) is 16.5. The van der Waals surface area contributed by atoms with Gasteiger partial charge >= 0.3 is 28.9 Å². The van der Waals surface area contributed by atoms with Gasteiger partial charge in [0.1, 0.15) is 23.3 Å². The summed E-state index contributed by atoms with van der Waals surface area (Å²) in [5.41, 5.74) is -0.210. The number of aromatic nitrogens is 2. The molecule has 0 spiro atoms. The molecule has 2 aromatic carbocycles. The number of phosphoric ester groups is 1. The van der Waals surface area contributed by atoms with Gasteiger partial charge in [-0.2, -0.15) is 9.29 Å². The number of nitrogens with zero attached hydrogens (tertiary/aromatic N) is 2. The number of phosphoric acid groups is 2. The fourth-order valence-corrected chi connectivity index (χ4v) is 11.9. The van der Waals surface area contributed by atoms with Crippen LogP contribution in [0, 0.1) is 11.8 Å². The van der Waals surface area contributed by atoms with Crippen LogP contribution in [0.2, 0.25) is 0 Å². The lowest BCUT2D eigenvalue weighted by atomic mass is 9.89. The highest BCUT2D eigenvalue weighted by Gasteiger charge is 2.55. The molecule has 8 atom stereocenters. The van der Waals surface area contributed by atoms with Crippen LogP contribution in [-0.4, -0.2) is 61.2 Å². The first kappa shape index (κ1) is 36.6. The van der Waals surface area contributed by atoms with Crippen molar-refractivity contribution in [2.45, 2.75) is 87.0 Å². The molecule has 272 valence electrons. The van der Waals surface area contributed by atoms with Crippen LogP contribution in [0.5, 0.6) is 0 Å². The molecule has 3 heterocycles. The van der Waals surface area contributed by atoms with Crippen LogP contribution in [0.15, 0.2) is 64.5 Å². The van der Waals surface area contributed by atoms with Crippen molar-refractivity contribution in [3.05, 3.63) is 70.8 Å². The number of hydrogen-bond acceptors (Lipinski definition) is 12. The Hall–Kier alpha value is -1.74. The molecule has 2 aliphatic heterocycles. The maximum Gasteiger partial charge on any atom is 0.488 e. The van der Waals surface area contributed by atoms with Gasteiger partial charge in [0, 0.05) is 17.9 Å². The third-order valence-electron chi connectivity index (χ3n) is 9.23. The monoisotopic (exact) mass is 772 g/mol. The van der Waals surface area contributed by atoms with Crippen molar-refractivity contribution in [1.82, 2.24) is 9.55 Å². The van der Waals surface area contributed by atoms with Crippen LogP contribution >= 0.6 is 35.0 Å². The van der Waals surface area contributed by atoms with Crippen LogP contribution in [0.1, 0.15) is 56.7 Å². The van der Waals surface area contributed by atoms with Gasteiger partial charge < -0.3 is 28.9 Å². The summed E-state index contributed by atoms with van der Waals surface area (Å²) >= 11 is 1.51. The van der Waals surface area contributed by atoms with E-state index in [0.717, 1.165) is 43.2 Å². The van der Waals surface area contributed by atoms with Crippen LogP contribution in [0.25, 0.3) is 10.8 Å². The van der Waals surface area contributed by atoms with Crippen LogP contribution < -0.4 is 5.69 Å². The van der Waals surface area contributed by atoms with E-state index in [4.69, 9.17) is 18.7 Å². The molecule has 2 saturated carbocycles. The molecule has 3 aromatic rings. The normalized spacial score (nSPS) is 29.3. The quantitative estimate of drug-likeness (QED) is 0.0960. The zero-order valence-electron chi connectivity index (χ0n) is 26.9. The number of hydrogen-bond donors (Lipinski definition) is 3. The Morgan fingerprint density at radius 1 is 0.860 bits per heavy atom. The van der Waals surface area contributed by atoms with Gasteiger partial charge in [0.05, 0.1) is 12.8 Å². The number of ether oxygens (including phenoxy) is 3. The predicted octanol–water partition coefficient (Wildman–Crippen LogP) is 6.12. The van der Waals surface area contributed by atoms with Gasteiger partial charge in [-0.1, -0.05) is 61.7 Å². The summed E-state index contributed by atoms with van der Waals surface area (Å²) in [6.07, 6.45) is 3.89. The maximum atomic E-state index is 13.1. The molecule has 3 N–H and O–H groups in total. The van der Waals surface area contributed by atoms with E-state index >= 15 is 0 Å². The van der Waals surface area contributed by atoms with E-state index in [1.54, 1.807) is 54.7 Å². The first-order valence-corrected chi connectivity index (χ1v) is 22.3. The lowest BCUT2D eigenvalue weighted by molar-refractivity contribution is -0.174. The van der Waals surface area contributed by atoms with E-state index in [9.17, 15) is 33.2 Å². The minimum atomic E-state index is -5.63. The maximum absolute atomic E-state index is 13.1. The Kier molecular flexibility index (Phi) is 10.9. The SMILES string of the molecule is O=c1nc(SCC2CC2)ccn1[C@@H]1O[C@H](COP(=O)(O)OP(=O)(O)OP(=O)(O)Cc2cccc3ccccc23)[C@@H]2OC(C3CCCCC3)OC21. The summed E-state index contributed by atoms with van der Waals surface area (Å²) in [5.74, 6) is 1.64. The van der Waals surface area contributed by atoms with Gasteiger partial charge in [0.15, 0.2) is 12.5 Å². The zero-order chi connectivity index (χ0) is 35.1. The number of thioether (sulfide) groups is 1. The van der Waals surface area contributed by atoms with E-state index in [1.807, 2.05) is 0 Å². The standard InChI is InChI=1S/C31H39N2O13P3S/c34-31-32-26(50-19-20-13-14-20)15-16-33(31)29-28-27(43-30(44-28)22-8-2-1-3-9-22)25(42-29)17-41-48(37,38)46-49(39,40)45-47(35,36)18-23-11-6-10-21-7-4-5-12-24(21)23/h4-7,10-12,15-16,20,22,25,27-30H,1-3,8-9,13-14,17-19H2,(H,35,36)(H,37,38)(H,39,40)/t25-,27+,28?,29-,30?/m1/s1. The van der Waals surface area contributed by atoms with Gasteiger partial charge in [-0.15, -0.1) is 11.8 Å². The average molecular weight is 773 g/mol. The third kappa shape index (κ3) is 8.89. The fourth-order valence-electron chi connectivity index (χ4n) is 6.68. The van der Waals surface area contributed by atoms with Crippen LogP contribution in [0.4, 0.5) is 0 Å². The number of benzene rings is 2. The highest BCUT2D eigenvalue weighted by Crippen LogP contribution is 2.68. The summed E-state index contributed by atoms with van der Waals surface area (Å²) in [4.78, 5) is 48.5. The van der Waals surface area contributed by atoms with Crippen LogP contribution in [-0.2, 0) is 47.2 Å². The lowest BCUT2D eigenvalue weighted by Gasteiger charge is -2.28. The molecule has 5 unspecified atom stereocenters. The highest BCUT2D eigenvalue weighted by atomic mass is 32.2. The summed E-state index contributed by atoms with van der Waals surface area (Å²) in [6, 6.07) is 13.7. The molecule has 50 heavy (non-hydrogen) atoms. The second kappa shape index (κ2) is 14.9. The molecule has 7 rings (SSSR count). The molecule has 15 nitrogen and oxygen atoms in total. The Morgan fingerprint density at radius 2 is 1.60 bits per heavy atom. The lowest BCUT2D eigenvalue weighted by Crippen LogP contribution is -2.34. The van der Waals surface area contributed by atoms with Crippen molar-refractivity contribution >= 4 is 45.8 Å². The topological polar surface area (TPSA) is 202 Å². The van der Waals surface area contributed by atoms with E-state index < -0.39 is 72.5 Å². The first-order chi connectivity index (χ1) is 23.8. The molecule has 4 fully saturated rings. The van der Waals surface area contributed by atoms with E-state index in [1.165, 1.54) is 29.2 Å². The van der Waals surface area contributed by atoms with Crippen molar-refractivity contribution in [1.29, 1.82) is 0 Å². The molecule has 2 aliphatic carbocycles. The molecule has 4 aliphatic rings. The molecular weight excluding hydrogens is 733 g/mol. The van der Waals surface area contributed by atoms with E-state index in [-0.39, 0.29) is 5.92 Å². The molecule has 1 aromatic heterocycles. The smallest absolute Gasteiger partial charge is 0.346 e. The largest absolute Gasteiger partial charge is 0.488 e. The summed E-state index contributed by atoms with van der Waals surface area (Å²) in [6.45, 7) is -0.684. The Morgan fingerprint density at radius 3 is 2.36 bits per heavy atom. The summed E-state index contributed by atoms with van der Waals surface area (Å²) in [5, 5.41) is 1.98. The number of rotatable bonds is 14. The van der Waals surface area contributed by atoms with Gasteiger partial charge in [-0.3, -0.25) is 13.7 Å². The van der Waals surface area contributed by atoms with Crippen molar-refractivity contribution in [2.24, 2.45) is 11.8 Å². The van der Waals surface area contributed by atoms with Gasteiger partial charge in [-0.25, -0.2) is 18.2 Å². The van der Waals surface area contributed by atoms with Crippen LogP contribution in [0.3, 0.4) is 0 Å². The van der Waals surface area contributed by atoms with Crippen molar-refractivity contribution in [3.63, 3.8) is 0 Å². The summed E-state index contributed by atoms with van der Waals surface area (Å²) in [7, 11) is -15.9. The number of fused-ring (bicyclic) bond motifs is 2. The Bertz CT molecular complexity index is 1900. The average Bonchev–Trinajstić information content (AvgIpc) is 3.69. The van der Waals surface area contributed by atoms with Crippen molar-refractivity contribution in [2.75, 3.05) is 12.4 Å². The van der Waals surface area contributed by atoms with E-state index in [0.29, 0.717) is 21.9 Å². The van der Waals surface area contributed by atoms with Crippen molar-refractivity contribution in [3.8, 4) is 0 Å². The molecule has 19 heteroatoms. The fraction of sp³-hybridized carbons (Fsp3) is 0.548. The summed E-state index contributed by atoms with van der Waals surface area (Å²) < 4.78 is 72.5. The van der Waals surface area contributed by atoms with Crippen molar-refractivity contribution < 1.29 is 55.7 Å². The predicted molar refractivity (Wildman–Crippen MR) is 181 cm³/mol. The molecule has 0 amide bonds. The Balaban J connectivity index is 1.02. The molecular formula is C31H39N2O13P3S. The minimum absolute atomic E-state index is 0.111. The minimum Gasteiger partial charge on any atom is -0.346 e. The third-order valence-corrected chi connectivity index (χ3v) is 15.1. The van der Waals surface area contributed by atoms with Gasteiger partial charge in [0.25, 0.3) is 0 Å². The second-order valence-corrected chi connectivity index (χ2v) is 19.1. The highest BCUT2D eigenvalue weighted by molar-refractivity contribution is 7.99. The Labute approximate surface area is 292 Å². The van der Waals surface area contributed by atoms with E-state index in [2.05, 4.69) is 13.6 Å². The van der Waals surface area contributed by atoms with Gasteiger partial charge in [-0.05, 0) is 54.0 Å². The second-order valence-electron chi connectivity index (χ2n) is 13.1. The molecule has 0 bridgehead atoms.